The SMILES string of the molecule is CC1CCC(NC(C)C(C)(C)O)CC1. The Morgan fingerprint density at radius 1 is 1.21 bits per heavy atom. The van der Waals surface area contributed by atoms with Crippen LogP contribution in [-0.2, 0) is 0 Å². The van der Waals surface area contributed by atoms with Crippen LogP contribution in [0.2, 0.25) is 0 Å². The summed E-state index contributed by atoms with van der Waals surface area (Å²) in [6, 6.07) is 0.800. The van der Waals surface area contributed by atoms with Gasteiger partial charge in [-0.1, -0.05) is 6.92 Å². The van der Waals surface area contributed by atoms with Gasteiger partial charge in [0.25, 0.3) is 0 Å². The summed E-state index contributed by atoms with van der Waals surface area (Å²) in [5, 5.41) is 13.3. The maximum Gasteiger partial charge on any atom is 0.0741 e. The van der Waals surface area contributed by atoms with Crippen LogP contribution in [0.4, 0.5) is 0 Å². The van der Waals surface area contributed by atoms with Crippen molar-refractivity contribution in [3.63, 3.8) is 0 Å². The quantitative estimate of drug-likeness (QED) is 0.731. The Morgan fingerprint density at radius 2 is 1.71 bits per heavy atom. The molecule has 0 aromatic carbocycles. The van der Waals surface area contributed by atoms with Gasteiger partial charge in [-0.15, -0.1) is 0 Å². The van der Waals surface area contributed by atoms with Crippen molar-refractivity contribution in [3.05, 3.63) is 0 Å². The van der Waals surface area contributed by atoms with Crippen molar-refractivity contribution in [1.82, 2.24) is 5.32 Å². The molecule has 1 saturated carbocycles. The summed E-state index contributed by atoms with van der Waals surface area (Å²) in [7, 11) is 0. The van der Waals surface area contributed by atoms with Crippen LogP contribution in [0, 0.1) is 5.92 Å². The molecule has 1 aliphatic carbocycles. The number of nitrogens with one attached hydrogen (secondary N) is 1. The predicted octanol–water partition coefficient (Wildman–Crippen LogP) is 2.31. The molecule has 0 radical (unpaired) electrons. The fourth-order valence-electron chi connectivity index (χ4n) is 1.98. The molecule has 2 nitrogen and oxygen atoms in total. The first kappa shape index (κ1) is 12.0. The lowest BCUT2D eigenvalue weighted by Gasteiger charge is -2.34. The monoisotopic (exact) mass is 199 g/mol. The number of rotatable bonds is 3. The third-order valence-electron chi connectivity index (χ3n) is 3.56. The summed E-state index contributed by atoms with van der Waals surface area (Å²) in [5.41, 5.74) is -0.608. The number of hydrogen-bond donors (Lipinski definition) is 2. The van der Waals surface area contributed by atoms with E-state index in [9.17, 15) is 5.11 Å². The van der Waals surface area contributed by atoms with E-state index in [0.29, 0.717) is 6.04 Å². The minimum Gasteiger partial charge on any atom is -0.389 e. The molecule has 0 saturated heterocycles. The molecular weight excluding hydrogens is 174 g/mol. The molecule has 0 amide bonds. The van der Waals surface area contributed by atoms with Gasteiger partial charge in [-0.05, 0) is 52.4 Å². The van der Waals surface area contributed by atoms with E-state index in [0.717, 1.165) is 5.92 Å². The third kappa shape index (κ3) is 3.58. The summed E-state index contributed by atoms with van der Waals surface area (Å²) >= 11 is 0. The second-order valence-electron chi connectivity index (χ2n) is 5.50. The first-order valence-electron chi connectivity index (χ1n) is 5.88. The van der Waals surface area contributed by atoms with Crippen LogP contribution in [0.15, 0.2) is 0 Å². The van der Waals surface area contributed by atoms with Gasteiger partial charge in [0.1, 0.15) is 0 Å². The highest BCUT2D eigenvalue weighted by atomic mass is 16.3. The Labute approximate surface area is 88.1 Å². The van der Waals surface area contributed by atoms with Crippen molar-refractivity contribution in [2.24, 2.45) is 5.92 Å². The summed E-state index contributed by atoms with van der Waals surface area (Å²) in [6.45, 7) is 8.14. The minimum atomic E-state index is -0.608. The van der Waals surface area contributed by atoms with Crippen LogP contribution in [0.1, 0.15) is 53.4 Å². The first-order chi connectivity index (χ1) is 6.39. The van der Waals surface area contributed by atoms with Crippen LogP contribution in [0.3, 0.4) is 0 Å². The molecule has 0 aromatic rings. The zero-order chi connectivity index (χ0) is 10.8. The van der Waals surface area contributed by atoms with Gasteiger partial charge in [0.15, 0.2) is 0 Å². The lowest BCUT2D eigenvalue weighted by molar-refractivity contribution is 0.0369. The molecule has 0 aliphatic heterocycles. The molecule has 1 rings (SSSR count). The number of aliphatic hydroxyl groups is 1. The van der Waals surface area contributed by atoms with Gasteiger partial charge in [0, 0.05) is 12.1 Å². The zero-order valence-electron chi connectivity index (χ0n) is 10.0. The van der Waals surface area contributed by atoms with E-state index >= 15 is 0 Å². The lowest BCUT2D eigenvalue weighted by atomic mass is 9.86. The van der Waals surface area contributed by atoms with Crippen molar-refractivity contribution in [2.75, 3.05) is 0 Å². The zero-order valence-corrected chi connectivity index (χ0v) is 10.0. The maximum atomic E-state index is 9.81. The van der Waals surface area contributed by atoms with E-state index in [1.54, 1.807) is 0 Å². The Hall–Kier alpha value is -0.0800. The van der Waals surface area contributed by atoms with Crippen molar-refractivity contribution in [1.29, 1.82) is 0 Å². The van der Waals surface area contributed by atoms with Crippen molar-refractivity contribution < 1.29 is 5.11 Å². The smallest absolute Gasteiger partial charge is 0.0741 e. The van der Waals surface area contributed by atoms with Gasteiger partial charge >= 0.3 is 0 Å². The minimum absolute atomic E-state index is 0.181. The largest absolute Gasteiger partial charge is 0.389 e. The first-order valence-corrected chi connectivity index (χ1v) is 5.88. The van der Waals surface area contributed by atoms with Gasteiger partial charge in [0.2, 0.25) is 0 Å². The van der Waals surface area contributed by atoms with E-state index in [1.165, 1.54) is 25.7 Å². The summed E-state index contributed by atoms with van der Waals surface area (Å²) in [4.78, 5) is 0. The maximum absolute atomic E-state index is 9.81. The van der Waals surface area contributed by atoms with E-state index in [-0.39, 0.29) is 6.04 Å². The molecule has 1 fully saturated rings. The van der Waals surface area contributed by atoms with Crippen molar-refractivity contribution in [3.8, 4) is 0 Å². The fourth-order valence-corrected chi connectivity index (χ4v) is 1.98. The van der Waals surface area contributed by atoms with Crippen LogP contribution < -0.4 is 5.32 Å². The molecule has 84 valence electrons. The second-order valence-corrected chi connectivity index (χ2v) is 5.50. The topological polar surface area (TPSA) is 32.3 Å². The normalized spacial score (nSPS) is 31.5. The second kappa shape index (κ2) is 4.63. The molecule has 1 aliphatic rings. The Bertz CT molecular complexity index is 166. The summed E-state index contributed by atoms with van der Waals surface area (Å²) in [6.07, 6.45) is 5.19. The predicted molar refractivity (Wildman–Crippen MR) is 60.3 cm³/mol. The molecule has 0 heterocycles. The molecule has 2 heteroatoms. The number of hydrogen-bond acceptors (Lipinski definition) is 2. The summed E-state index contributed by atoms with van der Waals surface area (Å²) < 4.78 is 0. The average molecular weight is 199 g/mol. The van der Waals surface area contributed by atoms with Crippen molar-refractivity contribution in [2.45, 2.75) is 71.1 Å². The third-order valence-corrected chi connectivity index (χ3v) is 3.56. The van der Waals surface area contributed by atoms with Crippen LogP contribution in [-0.4, -0.2) is 22.8 Å². The highest BCUT2D eigenvalue weighted by Crippen LogP contribution is 2.24. The van der Waals surface area contributed by atoms with Crippen molar-refractivity contribution >= 4 is 0 Å². The van der Waals surface area contributed by atoms with Gasteiger partial charge in [-0.3, -0.25) is 0 Å². The van der Waals surface area contributed by atoms with Crippen LogP contribution in [0.25, 0.3) is 0 Å². The standard InChI is InChI=1S/C12H25NO/c1-9-5-7-11(8-6-9)13-10(2)12(3,4)14/h9-11,13-14H,5-8H2,1-4H3. The Balaban J connectivity index is 2.31. The molecule has 0 spiro atoms. The highest BCUT2D eigenvalue weighted by molar-refractivity contribution is 4.85. The molecular formula is C12H25NO. The van der Waals surface area contributed by atoms with Crippen LogP contribution in [0.5, 0.6) is 0 Å². The Morgan fingerprint density at radius 3 is 2.14 bits per heavy atom. The molecule has 2 N–H and O–H groups in total. The highest BCUT2D eigenvalue weighted by Gasteiger charge is 2.26. The average Bonchev–Trinajstić information content (AvgIpc) is 2.07. The molecule has 1 unspecified atom stereocenters. The molecule has 14 heavy (non-hydrogen) atoms. The summed E-state index contributed by atoms with van der Waals surface area (Å²) in [5.74, 6) is 0.894. The van der Waals surface area contributed by atoms with E-state index in [2.05, 4.69) is 19.2 Å². The van der Waals surface area contributed by atoms with Crippen LogP contribution >= 0.6 is 0 Å². The van der Waals surface area contributed by atoms with E-state index in [1.807, 2.05) is 13.8 Å². The lowest BCUT2D eigenvalue weighted by Crippen LogP contribution is -2.49. The van der Waals surface area contributed by atoms with Gasteiger partial charge < -0.3 is 10.4 Å². The Kier molecular flexibility index (Phi) is 3.96. The van der Waals surface area contributed by atoms with Gasteiger partial charge in [0.05, 0.1) is 5.60 Å². The van der Waals surface area contributed by atoms with Gasteiger partial charge in [-0.25, -0.2) is 0 Å². The van der Waals surface area contributed by atoms with Gasteiger partial charge in [-0.2, -0.15) is 0 Å². The molecule has 0 aromatic heterocycles. The van der Waals surface area contributed by atoms with E-state index in [4.69, 9.17) is 0 Å². The molecule has 1 atom stereocenters. The van der Waals surface area contributed by atoms with E-state index < -0.39 is 5.60 Å². The molecule has 0 bridgehead atoms. The fraction of sp³-hybridized carbons (Fsp3) is 1.00.